The summed E-state index contributed by atoms with van der Waals surface area (Å²) in [5.74, 6) is 2.67. The lowest BCUT2D eigenvalue weighted by molar-refractivity contribution is 0.490. The first-order valence-electron chi connectivity index (χ1n) is 5.06. The molecule has 0 aromatic carbocycles. The minimum absolute atomic E-state index is 0.641. The monoisotopic (exact) mass is 280 g/mol. The predicted octanol–water partition coefficient (Wildman–Crippen LogP) is 3.67. The van der Waals surface area contributed by atoms with Gasteiger partial charge in [-0.1, -0.05) is 0 Å². The lowest BCUT2D eigenvalue weighted by Gasteiger charge is -2.06. The molecule has 16 heavy (non-hydrogen) atoms. The minimum Gasteiger partial charge on any atom is -0.465 e. The second-order valence-electron chi connectivity index (χ2n) is 3.71. The van der Waals surface area contributed by atoms with Crippen LogP contribution in [0.25, 0.3) is 0 Å². The Morgan fingerprint density at radius 1 is 1.38 bits per heavy atom. The number of pyridine rings is 1. The van der Waals surface area contributed by atoms with Crippen LogP contribution in [0.3, 0.4) is 0 Å². The van der Waals surface area contributed by atoms with E-state index < -0.39 is 0 Å². The maximum Gasteiger partial charge on any atom is 0.140 e. The van der Waals surface area contributed by atoms with Crippen molar-refractivity contribution < 1.29 is 4.42 Å². The molecule has 0 spiro atoms. The van der Waals surface area contributed by atoms with E-state index in [4.69, 9.17) is 4.42 Å². The van der Waals surface area contributed by atoms with Crippen LogP contribution >= 0.6 is 15.9 Å². The average Bonchev–Trinajstić information content (AvgIpc) is 2.63. The quantitative estimate of drug-likeness (QED) is 0.932. The molecule has 2 heterocycles. The summed E-state index contributed by atoms with van der Waals surface area (Å²) < 4.78 is 6.43. The van der Waals surface area contributed by atoms with Crippen LogP contribution in [-0.4, -0.2) is 4.98 Å². The van der Waals surface area contributed by atoms with Gasteiger partial charge in [-0.05, 0) is 53.5 Å². The third-order valence-corrected chi connectivity index (χ3v) is 2.81. The Morgan fingerprint density at radius 3 is 2.81 bits per heavy atom. The molecule has 0 aliphatic carbocycles. The highest BCUT2D eigenvalue weighted by Gasteiger charge is 2.03. The van der Waals surface area contributed by atoms with Crippen molar-refractivity contribution in [3.8, 4) is 0 Å². The Labute approximate surface area is 103 Å². The smallest absolute Gasteiger partial charge is 0.140 e. The molecule has 0 saturated heterocycles. The number of hydrogen-bond acceptors (Lipinski definition) is 3. The number of aromatic nitrogens is 1. The van der Waals surface area contributed by atoms with Crippen LogP contribution in [-0.2, 0) is 6.54 Å². The van der Waals surface area contributed by atoms with Crippen molar-refractivity contribution in [1.29, 1.82) is 0 Å². The molecule has 0 aliphatic heterocycles. The fourth-order valence-electron chi connectivity index (χ4n) is 1.41. The van der Waals surface area contributed by atoms with E-state index in [0.717, 1.165) is 27.4 Å². The van der Waals surface area contributed by atoms with Crippen molar-refractivity contribution in [3.63, 3.8) is 0 Å². The van der Waals surface area contributed by atoms with Gasteiger partial charge in [0.1, 0.15) is 17.3 Å². The Bertz CT molecular complexity index is 494. The highest BCUT2D eigenvalue weighted by atomic mass is 79.9. The molecule has 84 valence electrons. The van der Waals surface area contributed by atoms with Gasteiger partial charge in [-0.2, -0.15) is 0 Å². The first kappa shape index (κ1) is 11.2. The maximum atomic E-state index is 5.46. The number of rotatable bonds is 3. The number of nitrogens with one attached hydrogen (secondary N) is 1. The van der Waals surface area contributed by atoms with Crippen molar-refractivity contribution in [2.45, 2.75) is 20.4 Å². The number of nitrogens with zero attached hydrogens (tertiary/aromatic N) is 1. The van der Waals surface area contributed by atoms with Crippen LogP contribution < -0.4 is 5.32 Å². The van der Waals surface area contributed by atoms with E-state index in [-0.39, 0.29) is 0 Å². The van der Waals surface area contributed by atoms with E-state index in [0.29, 0.717) is 6.54 Å². The van der Waals surface area contributed by atoms with Gasteiger partial charge in [0.05, 0.1) is 11.0 Å². The first-order valence-corrected chi connectivity index (χ1v) is 5.86. The summed E-state index contributed by atoms with van der Waals surface area (Å²) in [4.78, 5) is 4.30. The molecular weight excluding hydrogens is 268 g/mol. The molecule has 0 fully saturated rings. The molecule has 2 aromatic heterocycles. The van der Waals surface area contributed by atoms with Gasteiger partial charge in [0.25, 0.3) is 0 Å². The van der Waals surface area contributed by atoms with Crippen LogP contribution in [0.5, 0.6) is 0 Å². The topological polar surface area (TPSA) is 38.1 Å². The highest BCUT2D eigenvalue weighted by Crippen LogP contribution is 2.21. The van der Waals surface area contributed by atoms with E-state index in [9.17, 15) is 0 Å². The highest BCUT2D eigenvalue weighted by molar-refractivity contribution is 9.10. The molecule has 2 rings (SSSR count). The third kappa shape index (κ3) is 2.64. The Morgan fingerprint density at radius 2 is 2.19 bits per heavy atom. The van der Waals surface area contributed by atoms with Gasteiger partial charge in [-0.25, -0.2) is 4.98 Å². The molecule has 0 aliphatic rings. The number of anilines is 1. The number of aryl methyl sites for hydroxylation is 2. The molecule has 3 nitrogen and oxygen atoms in total. The lowest BCUT2D eigenvalue weighted by atomic mass is 10.3. The lowest BCUT2D eigenvalue weighted by Crippen LogP contribution is -2.01. The predicted molar refractivity (Wildman–Crippen MR) is 67.4 cm³/mol. The SMILES string of the molecule is Cc1cnc(NCc2ccc(C)o2)c(Br)c1. The van der Waals surface area contributed by atoms with Gasteiger partial charge >= 0.3 is 0 Å². The minimum atomic E-state index is 0.641. The van der Waals surface area contributed by atoms with Gasteiger partial charge in [-0.15, -0.1) is 0 Å². The standard InChI is InChI=1S/C12H13BrN2O/c1-8-5-11(13)12(14-6-8)15-7-10-4-3-9(2)16-10/h3-6H,7H2,1-2H3,(H,14,15). The zero-order valence-corrected chi connectivity index (χ0v) is 10.8. The van der Waals surface area contributed by atoms with Crippen molar-refractivity contribution >= 4 is 21.7 Å². The number of hydrogen-bond donors (Lipinski definition) is 1. The molecule has 4 heteroatoms. The molecule has 0 bridgehead atoms. The molecule has 2 aromatic rings. The van der Waals surface area contributed by atoms with E-state index in [1.807, 2.05) is 38.2 Å². The van der Waals surface area contributed by atoms with Gasteiger partial charge in [0, 0.05) is 6.20 Å². The van der Waals surface area contributed by atoms with Crippen molar-refractivity contribution in [2.75, 3.05) is 5.32 Å². The fourth-order valence-corrected chi connectivity index (χ4v) is 2.02. The second-order valence-corrected chi connectivity index (χ2v) is 4.56. The summed E-state index contributed by atoms with van der Waals surface area (Å²) in [7, 11) is 0. The zero-order chi connectivity index (χ0) is 11.5. The first-order chi connectivity index (χ1) is 7.65. The summed E-state index contributed by atoms with van der Waals surface area (Å²) in [6.07, 6.45) is 1.83. The maximum absolute atomic E-state index is 5.46. The average molecular weight is 281 g/mol. The van der Waals surface area contributed by atoms with Crippen LogP contribution in [0.15, 0.2) is 33.3 Å². The molecular formula is C12H13BrN2O. The largest absolute Gasteiger partial charge is 0.465 e. The van der Waals surface area contributed by atoms with Crippen LogP contribution in [0.2, 0.25) is 0 Å². The second kappa shape index (κ2) is 4.70. The Kier molecular flexibility index (Phi) is 3.29. The van der Waals surface area contributed by atoms with Gasteiger partial charge in [0.2, 0.25) is 0 Å². The van der Waals surface area contributed by atoms with E-state index in [1.54, 1.807) is 0 Å². The van der Waals surface area contributed by atoms with Crippen LogP contribution in [0.4, 0.5) is 5.82 Å². The third-order valence-electron chi connectivity index (χ3n) is 2.20. The zero-order valence-electron chi connectivity index (χ0n) is 9.25. The van der Waals surface area contributed by atoms with E-state index in [2.05, 4.69) is 26.2 Å². The summed E-state index contributed by atoms with van der Waals surface area (Å²) in [5.41, 5.74) is 1.13. The normalized spacial score (nSPS) is 10.4. The van der Waals surface area contributed by atoms with E-state index in [1.165, 1.54) is 0 Å². The Hall–Kier alpha value is -1.29. The molecule has 0 radical (unpaired) electrons. The van der Waals surface area contributed by atoms with Gasteiger partial charge in [0.15, 0.2) is 0 Å². The van der Waals surface area contributed by atoms with Gasteiger partial charge in [-0.3, -0.25) is 0 Å². The number of furan rings is 1. The summed E-state index contributed by atoms with van der Waals surface area (Å²) in [6.45, 7) is 4.59. The Balaban J connectivity index is 2.04. The summed E-state index contributed by atoms with van der Waals surface area (Å²) in [6, 6.07) is 5.95. The van der Waals surface area contributed by atoms with Crippen molar-refractivity contribution in [3.05, 3.63) is 46.0 Å². The van der Waals surface area contributed by atoms with Crippen molar-refractivity contribution in [1.82, 2.24) is 4.98 Å². The molecule has 0 unspecified atom stereocenters. The summed E-state index contributed by atoms with van der Waals surface area (Å²) in [5, 5.41) is 3.22. The van der Waals surface area contributed by atoms with E-state index >= 15 is 0 Å². The molecule has 0 saturated carbocycles. The van der Waals surface area contributed by atoms with Gasteiger partial charge < -0.3 is 9.73 Å². The van der Waals surface area contributed by atoms with Crippen LogP contribution in [0, 0.1) is 13.8 Å². The van der Waals surface area contributed by atoms with Crippen molar-refractivity contribution in [2.24, 2.45) is 0 Å². The fraction of sp³-hybridized carbons (Fsp3) is 0.250. The molecule has 1 N–H and O–H groups in total. The molecule has 0 atom stereocenters. The molecule has 0 amide bonds. The van der Waals surface area contributed by atoms with Crippen LogP contribution in [0.1, 0.15) is 17.1 Å². The number of halogens is 1. The summed E-state index contributed by atoms with van der Waals surface area (Å²) >= 11 is 3.47.